The summed E-state index contributed by atoms with van der Waals surface area (Å²) in [6.07, 6.45) is -5.17. The first-order chi connectivity index (χ1) is 8.79. The molecule has 0 aliphatic carbocycles. The first-order valence-electron chi connectivity index (χ1n) is 5.46. The fraction of sp³-hybridized carbons (Fsp3) is 0.333. The summed E-state index contributed by atoms with van der Waals surface area (Å²) in [5, 5.41) is 8.74. The molecule has 0 radical (unpaired) electrons. The van der Waals surface area contributed by atoms with Crippen molar-refractivity contribution in [2.45, 2.75) is 25.7 Å². The number of carboxylic acids is 1. The minimum absolute atomic E-state index is 0.138. The van der Waals surface area contributed by atoms with Crippen LogP contribution in [0.4, 0.5) is 13.2 Å². The van der Waals surface area contributed by atoms with E-state index in [0.717, 1.165) is 0 Å². The number of benzene rings is 1. The third-order valence-electron chi connectivity index (χ3n) is 2.95. The van der Waals surface area contributed by atoms with E-state index in [0.29, 0.717) is 21.6 Å². The van der Waals surface area contributed by atoms with Gasteiger partial charge in [-0.25, -0.2) is 0 Å². The molecule has 1 N–H and O–H groups in total. The van der Waals surface area contributed by atoms with Gasteiger partial charge in [0.1, 0.15) is 0 Å². The molecule has 2 rings (SSSR count). The molecule has 0 saturated carbocycles. The van der Waals surface area contributed by atoms with Gasteiger partial charge in [-0.15, -0.1) is 0 Å². The highest BCUT2D eigenvalue weighted by molar-refractivity contribution is 5.82. The van der Waals surface area contributed by atoms with E-state index in [1.807, 2.05) is 0 Å². The van der Waals surface area contributed by atoms with Crippen LogP contribution in [0.3, 0.4) is 0 Å². The number of rotatable bonds is 2. The van der Waals surface area contributed by atoms with Gasteiger partial charge in [-0.2, -0.15) is 13.2 Å². The van der Waals surface area contributed by atoms with Gasteiger partial charge in [0.05, 0.1) is 6.42 Å². The molecular weight excluding hydrogens is 263 g/mol. The minimum Gasteiger partial charge on any atom is -0.481 e. The first kappa shape index (κ1) is 13.4. The molecule has 0 saturated heterocycles. The van der Waals surface area contributed by atoms with E-state index in [9.17, 15) is 22.8 Å². The Hall–Kier alpha value is -2.05. The SMILES string of the molecule is O=C(O)Cc1cccc2c1CN(C(=O)C(F)(F)F)C2. The number of alkyl halides is 3. The topological polar surface area (TPSA) is 57.6 Å². The van der Waals surface area contributed by atoms with Crippen molar-refractivity contribution >= 4 is 11.9 Å². The molecule has 1 aliphatic heterocycles. The maximum absolute atomic E-state index is 12.3. The van der Waals surface area contributed by atoms with Crippen LogP contribution in [-0.2, 0) is 29.1 Å². The Bertz CT molecular complexity index is 540. The zero-order valence-corrected chi connectivity index (χ0v) is 9.70. The molecule has 0 bridgehead atoms. The molecule has 0 aromatic heterocycles. The number of hydrogen-bond donors (Lipinski definition) is 1. The van der Waals surface area contributed by atoms with Crippen molar-refractivity contribution in [2.75, 3.05) is 0 Å². The van der Waals surface area contributed by atoms with Crippen LogP contribution in [0.1, 0.15) is 16.7 Å². The fourth-order valence-electron chi connectivity index (χ4n) is 2.14. The predicted octanol–water partition coefficient (Wildman–Crippen LogP) is 1.72. The van der Waals surface area contributed by atoms with E-state index >= 15 is 0 Å². The first-order valence-corrected chi connectivity index (χ1v) is 5.46. The number of hydrogen-bond acceptors (Lipinski definition) is 2. The smallest absolute Gasteiger partial charge is 0.471 e. The summed E-state index contributed by atoms with van der Waals surface area (Å²) >= 11 is 0. The van der Waals surface area contributed by atoms with Crippen LogP contribution in [0.5, 0.6) is 0 Å². The Morgan fingerprint density at radius 2 is 1.95 bits per heavy atom. The van der Waals surface area contributed by atoms with Crippen molar-refractivity contribution in [1.29, 1.82) is 0 Å². The highest BCUT2D eigenvalue weighted by Crippen LogP contribution is 2.30. The lowest BCUT2D eigenvalue weighted by Crippen LogP contribution is -2.37. The Kier molecular flexibility index (Phi) is 3.21. The van der Waals surface area contributed by atoms with Crippen molar-refractivity contribution in [3.8, 4) is 0 Å². The maximum Gasteiger partial charge on any atom is 0.471 e. The predicted molar refractivity (Wildman–Crippen MR) is 58.1 cm³/mol. The number of halogens is 3. The van der Waals surface area contributed by atoms with Crippen LogP contribution in [-0.4, -0.2) is 28.1 Å². The number of amides is 1. The normalized spacial score (nSPS) is 14.4. The van der Waals surface area contributed by atoms with Gasteiger partial charge < -0.3 is 10.0 Å². The van der Waals surface area contributed by atoms with Crippen molar-refractivity contribution in [1.82, 2.24) is 4.90 Å². The highest BCUT2D eigenvalue weighted by atomic mass is 19.4. The molecule has 0 spiro atoms. The van der Waals surface area contributed by atoms with Crippen LogP contribution in [0.2, 0.25) is 0 Å². The fourth-order valence-corrected chi connectivity index (χ4v) is 2.14. The third kappa shape index (κ3) is 2.69. The van der Waals surface area contributed by atoms with E-state index in [1.54, 1.807) is 18.2 Å². The molecule has 1 aromatic carbocycles. The second-order valence-corrected chi connectivity index (χ2v) is 4.28. The summed E-state index contributed by atoms with van der Waals surface area (Å²) in [4.78, 5) is 22.5. The standard InChI is InChI=1S/C12H10F3NO3/c13-12(14,15)11(19)16-5-8-3-1-2-7(4-10(17)18)9(8)6-16/h1-3H,4-6H2,(H,17,18). The molecule has 1 amide bonds. The largest absolute Gasteiger partial charge is 0.481 e. The van der Waals surface area contributed by atoms with Gasteiger partial charge in [0.25, 0.3) is 0 Å². The molecule has 0 atom stereocenters. The van der Waals surface area contributed by atoms with E-state index in [2.05, 4.69) is 0 Å². The van der Waals surface area contributed by atoms with E-state index < -0.39 is 18.1 Å². The average molecular weight is 273 g/mol. The monoisotopic (exact) mass is 273 g/mol. The summed E-state index contributed by atoms with van der Waals surface area (Å²) in [6, 6.07) is 4.73. The Morgan fingerprint density at radius 1 is 1.26 bits per heavy atom. The summed E-state index contributed by atoms with van der Waals surface area (Å²) in [7, 11) is 0. The van der Waals surface area contributed by atoms with Gasteiger partial charge in [-0.1, -0.05) is 18.2 Å². The molecule has 7 heteroatoms. The Labute approximate surface area is 106 Å². The zero-order chi connectivity index (χ0) is 14.2. The molecule has 1 aromatic rings. The Morgan fingerprint density at radius 3 is 2.53 bits per heavy atom. The summed E-state index contributed by atoms with van der Waals surface area (Å²) in [6.45, 7) is -0.335. The Balaban J connectivity index is 2.25. The van der Waals surface area contributed by atoms with Crippen LogP contribution in [0.15, 0.2) is 18.2 Å². The molecule has 1 heterocycles. The van der Waals surface area contributed by atoms with Crippen molar-refractivity contribution < 1.29 is 27.9 Å². The molecule has 0 unspecified atom stereocenters. The molecule has 19 heavy (non-hydrogen) atoms. The third-order valence-corrected chi connectivity index (χ3v) is 2.95. The van der Waals surface area contributed by atoms with Crippen LogP contribution >= 0.6 is 0 Å². The van der Waals surface area contributed by atoms with E-state index in [-0.39, 0.29) is 19.5 Å². The average Bonchev–Trinajstić information content (AvgIpc) is 2.70. The molecule has 0 fully saturated rings. The van der Waals surface area contributed by atoms with Gasteiger partial charge >= 0.3 is 18.1 Å². The minimum atomic E-state index is -4.91. The van der Waals surface area contributed by atoms with Gasteiger partial charge in [-0.05, 0) is 16.7 Å². The van der Waals surface area contributed by atoms with Crippen LogP contribution in [0, 0.1) is 0 Å². The van der Waals surface area contributed by atoms with E-state index in [4.69, 9.17) is 5.11 Å². The second kappa shape index (κ2) is 4.56. The second-order valence-electron chi connectivity index (χ2n) is 4.28. The van der Waals surface area contributed by atoms with Crippen molar-refractivity contribution in [2.24, 2.45) is 0 Å². The van der Waals surface area contributed by atoms with Crippen molar-refractivity contribution in [3.05, 3.63) is 34.9 Å². The van der Waals surface area contributed by atoms with Gasteiger partial charge in [0.15, 0.2) is 0 Å². The van der Waals surface area contributed by atoms with Gasteiger partial charge in [-0.3, -0.25) is 9.59 Å². The molecule has 102 valence electrons. The number of carboxylic acid groups (broad SMARTS) is 1. The van der Waals surface area contributed by atoms with Crippen molar-refractivity contribution in [3.63, 3.8) is 0 Å². The van der Waals surface area contributed by atoms with Gasteiger partial charge in [0.2, 0.25) is 0 Å². The molecule has 4 nitrogen and oxygen atoms in total. The van der Waals surface area contributed by atoms with Gasteiger partial charge in [0, 0.05) is 13.1 Å². The van der Waals surface area contributed by atoms with Crippen LogP contribution < -0.4 is 0 Å². The number of fused-ring (bicyclic) bond motifs is 1. The van der Waals surface area contributed by atoms with Crippen LogP contribution in [0.25, 0.3) is 0 Å². The lowest BCUT2D eigenvalue weighted by molar-refractivity contribution is -0.186. The number of nitrogens with zero attached hydrogens (tertiary/aromatic N) is 1. The summed E-state index contributed by atoms with van der Waals surface area (Å²) < 4.78 is 37.0. The number of aliphatic carboxylic acids is 1. The summed E-state index contributed by atoms with van der Waals surface area (Å²) in [5.74, 6) is -2.96. The molecular formula is C12H10F3NO3. The van der Waals surface area contributed by atoms with E-state index in [1.165, 1.54) is 0 Å². The highest BCUT2D eigenvalue weighted by Gasteiger charge is 2.44. The lowest BCUT2D eigenvalue weighted by Gasteiger charge is -2.17. The zero-order valence-electron chi connectivity index (χ0n) is 9.70. The summed E-state index contributed by atoms with van der Waals surface area (Å²) in [5.41, 5.74) is 1.52. The maximum atomic E-state index is 12.3. The molecule has 1 aliphatic rings. The number of carbonyl (C=O) groups is 2. The number of carbonyl (C=O) groups excluding carboxylic acids is 1. The quantitative estimate of drug-likeness (QED) is 0.892. The lowest BCUT2D eigenvalue weighted by atomic mass is 10.0.